The minimum Gasteiger partial charge on any atom is -0.395 e. The van der Waals surface area contributed by atoms with Gasteiger partial charge in [-0.1, -0.05) is 11.6 Å². The number of likely N-dealkylation sites (N-methyl/N-ethyl adjacent to an activating group) is 1. The summed E-state index contributed by atoms with van der Waals surface area (Å²) in [4.78, 5) is 13.7. The third-order valence-corrected chi connectivity index (χ3v) is 3.33. The maximum absolute atomic E-state index is 12.1. The second-order valence-corrected chi connectivity index (χ2v) is 4.83. The molecule has 3 nitrogen and oxygen atoms in total. The average molecular weight is 354 g/mol. The summed E-state index contributed by atoms with van der Waals surface area (Å²) in [6.45, 7) is 2.80. The van der Waals surface area contributed by atoms with Crippen LogP contribution in [0, 0.1) is 3.57 Å². The highest BCUT2D eigenvalue weighted by Gasteiger charge is 2.16. The maximum Gasteiger partial charge on any atom is 0.254 e. The molecule has 0 spiro atoms. The van der Waals surface area contributed by atoms with Gasteiger partial charge in [0.2, 0.25) is 0 Å². The van der Waals surface area contributed by atoms with Crippen LogP contribution >= 0.6 is 34.2 Å². The monoisotopic (exact) mass is 353 g/mol. The van der Waals surface area contributed by atoms with Crippen LogP contribution < -0.4 is 0 Å². The van der Waals surface area contributed by atoms with Crippen molar-refractivity contribution in [3.8, 4) is 0 Å². The lowest BCUT2D eigenvalue weighted by molar-refractivity contribution is 0.0731. The molecule has 1 rings (SSSR count). The number of carbonyl (C=O) groups is 1. The SMILES string of the molecule is CCN(CCO)C(=O)c1ccc(Cl)cc1I. The lowest BCUT2D eigenvalue weighted by Crippen LogP contribution is -2.33. The van der Waals surface area contributed by atoms with Gasteiger partial charge >= 0.3 is 0 Å². The molecule has 1 N–H and O–H groups in total. The molecule has 0 aliphatic heterocycles. The molecule has 16 heavy (non-hydrogen) atoms. The predicted octanol–water partition coefficient (Wildman–Crippen LogP) is 2.40. The molecule has 1 aromatic carbocycles. The molecule has 5 heteroatoms. The average Bonchev–Trinajstić information content (AvgIpc) is 2.25. The van der Waals surface area contributed by atoms with E-state index in [0.29, 0.717) is 23.7 Å². The van der Waals surface area contributed by atoms with Crippen molar-refractivity contribution in [3.05, 3.63) is 32.4 Å². The van der Waals surface area contributed by atoms with Gasteiger partial charge in [-0.25, -0.2) is 0 Å². The van der Waals surface area contributed by atoms with E-state index in [2.05, 4.69) is 22.6 Å². The maximum atomic E-state index is 12.1. The summed E-state index contributed by atoms with van der Waals surface area (Å²) < 4.78 is 0.825. The molecule has 0 aliphatic carbocycles. The Labute approximate surface area is 114 Å². The molecule has 1 amide bonds. The quantitative estimate of drug-likeness (QED) is 0.845. The summed E-state index contributed by atoms with van der Waals surface area (Å²) in [7, 11) is 0. The Balaban J connectivity index is 2.94. The van der Waals surface area contributed by atoms with Crippen molar-refractivity contribution >= 4 is 40.1 Å². The molecule has 0 fully saturated rings. The molecule has 0 heterocycles. The number of hydrogen-bond acceptors (Lipinski definition) is 2. The van der Waals surface area contributed by atoms with E-state index in [0.717, 1.165) is 3.57 Å². The van der Waals surface area contributed by atoms with Gasteiger partial charge in [-0.15, -0.1) is 0 Å². The van der Waals surface area contributed by atoms with Gasteiger partial charge in [0.1, 0.15) is 0 Å². The molecule has 0 aliphatic rings. The number of aliphatic hydroxyl groups excluding tert-OH is 1. The van der Waals surface area contributed by atoms with E-state index in [4.69, 9.17) is 16.7 Å². The second kappa shape index (κ2) is 6.42. The van der Waals surface area contributed by atoms with Crippen LogP contribution in [0.15, 0.2) is 18.2 Å². The largest absolute Gasteiger partial charge is 0.395 e. The van der Waals surface area contributed by atoms with Crippen molar-refractivity contribution in [2.45, 2.75) is 6.92 Å². The molecular weight excluding hydrogens is 340 g/mol. The van der Waals surface area contributed by atoms with Gasteiger partial charge in [-0.3, -0.25) is 4.79 Å². The molecule has 88 valence electrons. The standard InChI is InChI=1S/C11H13ClINO2/c1-2-14(5-6-15)11(16)9-4-3-8(12)7-10(9)13/h3-4,7,15H,2,5-6H2,1H3. The normalized spacial score (nSPS) is 10.2. The molecular formula is C11H13ClINO2. The summed E-state index contributed by atoms with van der Waals surface area (Å²) >= 11 is 7.91. The summed E-state index contributed by atoms with van der Waals surface area (Å²) in [5.74, 6) is -0.0717. The molecule has 0 saturated carbocycles. The van der Waals surface area contributed by atoms with Crippen LogP contribution in [0.1, 0.15) is 17.3 Å². The van der Waals surface area contributed by atoms with Crippen LogP contribution in [0.2, 0.25) is 5.02 Å². The number of aliphatic hydroxyl groups is 1. The van der Waals surface area contributed by atoms with E-state index < -0.39 is 0 Å². The minimum atomic E-state index is -0.0717. The number of carbonyl (C=O) groups excluding carboxylic acids is 1. The first-order chi connectivity index (χ1) is 7.60. The molecule has 0 radical (unpaired) electrons. The van der Waals surface area contributed by atoms with Crippen molar-refractivity contribution in [1.29, 1.82) is 0 Å². The molecule has 0 unspecified atom stereocenters. The zero-order valence-electron chi connectivity index (χ0n) is 8.91. The third-order valence-electron chi connectivity index (χ3n) is 2.20. The molecule has 0 atom stereocenters. The summed E-state index contributed by atoms with van der Waals surface area (Å²) in [6, 6.07) is 5.17. The van der Waals surface area contributed by atoms with Gasteiger partial charge in [0.05, 0.1) is 12.2 Å². The Morgan fingerprint density at radius 1 is 1.56 bits per heavy atom. The van der Waals surface area contributed by atoms with Crippen molar-refractivity contribution in [3.63, 3.8) is 0 Å². The minimum absolute atomic E-state index is 0.0241. The van der Waals surface area contributed by atoms with Gasteiger partial charge < -0.3 is 10.0 Å². The lowest BCUT2D eigenvalue weighted by atomic mass is 10.2. The van der Waals surface area contributed by atoms with E-state index in [1.807, 2.05) is 6.92 Å². The molecule has 1 aromatic rings. The Kier molecular flexibility index (Phi) is 5.51. The van der Waals surface area contributed by atoms with Gasteiger partial charge in [0.15, 0.2) is 0 Å². The number of amides is 1. The van der Waals surface area contributed by atoms with Gasteiger partial charge in [0, 0.05) is 21.7 Å². The summed E-state index contributed by atoms with van der Waals surface area (Å²) in [6.07, 6.45) is 0. The van der Waals surface area contributed by atoms with E-state index in [1.54, 1.807) is 23.1 Å². The van der Waals surface area contributed by atoms with Gasteiger partial charge in [0.25, 0.3) is 5.91 Å². The zero-order valence-corrected chi connectivity index (χ0v) is 11.8. The van der Waals surface area contributed by atoms with E-state index in [9.17, 15) is 4.79 Å². The summed E-state index contributed by atoms with van der Waals surface area (Å²) in [5, 5.41) is 9.48. The van der Waals surface area contributed by atoms with Crippen LogP contribution in [-0.2, 0) is 0 Å². The first-order valence-corrected chi connectivity index (χ1v) is 6.41. The van der Waals surface area contributed by atoms with E-state index in [-0.39, 0.29) is 12.5 Å². The fourth-order valence-corrected chi connectivity index (χ4v) is 2.46. The zero-order chi connectivity index (χ0) is 12.1. The second-order valence-electron chi connectivity index (χ2n) is 3.23. The van der Waals surface area contributed by atoms with Crippen molar-refractivity contribution in [1.82, 2.24) is 4.90 Å². The van der Waals surface area contributed by atoms with Crippen molar-refractivity contribution in [2.75, 3.05) is 19.7 Å². The fraction of sp³-hybridized carbons (Fsp3) is 0.364. The van der Waals surface area contributed by atoms with Crippen LogP contribution in [0.4, 0.5) is 0 Å². The van der Waals surface area contributed by atoms with Crippen LogP contribution in [-0.4, -0.2) is 35.6 Å². The van der Waals surface area contributed by atoms with Crippen molar-refractivity contribution < 1.29 is 9.90 Å². The van der Waals surface area contributed by atoms with Crippen LogP contribution in [0.3, 0.4) is 0 Å². The van der Waals surface area contributed by atoms with Gasteiger partial charge in [-0.2, -0.15) is 0 Å². The number of benzene rings is 1. The smallest absolute Gasteiger partial charge is 0.254 e. The molecule has 0 bridgehead atoms. The number of rotatable bonds is 4. The Bertz CT molecular complexity index is 384. The first kappa shape index (κ1) is 13.7. The van der Waals surface area contributed by atoms with Crippen LogP contribution in [0.25, 0.3) is 0 Å². The number of halogens is 2. The predicted molar refractivity (Wildman–Crippen MR) is 72.8 cm³/mol. The summed E-state index contributed by atoms with van der Waals surface area (Å²) in [5.41, 5.74) is 0.625. The Hall–Kier alpha value is -0.330. The lowest BCUT2D eigenvalue weighted by Gasteiger charge is -2.20. The highest BCUT2D eigenvalue weighted by molar-refractivity contribution is 14.1. The first-order valence-electron chi connectivity index (χ1n) is 4.95. The Morgan fingerprint density at radius 2 is 2.25 bits per heavy atom. The number of hydrogen-bond donors (Lipinski definition) is 1. The molecule has 0 aromatic heterocycles. The topological polar surface area (TPSA) is 40.5 Å². The third kappa shape index (κ3) is 3.33. The highest BCUT2D eigenvalue weighted by Crippen LogP contribution is 2.19. The van der Waals surface area contributed by atoms with E-state index >= 15 is 0 Å². The van der Waals surface area contributed by atoms with Gasteiger partial charge in [-0.05, 0) is 47.7 Å². The highest BCUT2D eigenvalue weighted by atomic mass is 127. The van der Waals surface area contributed by atoms with E-state index in [1.165, 1.54) is 0 Å². The van der Waals surface area contributed by atoms with Crippen LogP contribution in [0.5, 0.6) is 0 Å². The van der Waals surface area contributed by atoms with Crippen molar-refractivity contribution in [2.24, 2.45) is 0 Å². The molecule has 0 saturated heterocycles. The number of nitrogens with zero attached hydrogens (tertiary/aromatic N) is 1. The fourth-order valence-electron chi connectivity index (χ4n) is 1.36. The Morgan fingerprint density at radius 3 is 2.75 bits per heavy atom.